The van der Waals surface area contributed by atoms with Crippen LogP contribution in [0, 0.1) is 5.82 Å². The van der Waals surface area contributed by atoms with E-state index in [1.54, 1.807) is 18.0 Å². The van der Waals surface area contributed by atoms with Crippen LogP contribution in [-0.2, 0) is 0 Å². The Morgan fingerprint density at radius 2 is 2.05 bits per heavy atom. The van der Waals surface area contributed by atoms with E-state index in [1.807, 2.05) is 6.07 Å². The van der Waals surface area contributed by atoms with Gasteiger partial charge < -0.3 is 10.2 Å². The van der Waals surface area contributed by atoms with E-state index in [-0.39, 0.29) is 18.4 Å². The smallest absolute Gasteiger partial charge is 0.251 e. The van der Waals surface area contributed by atoms with Gasteiger partial charge in [-0.1, -0.05) is 19.1 Å². The van der Waals surface area contributed by atoms with Crippen LogP contribution in [0.25, 0.3) is 0 Å². The van der Waals surface area contributed by atoms with Gasteiger partial charge in [0.25, 0.3) is 6.43 Å². The molecule has 20 heavy (non-hydrogen) atoms. The van der Waals surface area contributed by atoms with Crippen LogP contribution in [0.4, 0.5) is 13.2 Å². The second kappa shape index (κ2) is 8.97. The fourth-order valence-electron chi connectivity index (χ4n) is 2.10. The molecule has 0 fully saturated rings. The molecule has 0 aliphatic carbocycles. The Kier molecular flexibility index (Phi) is 7.62. The van der Waals surface area contributed by atoms with Gasteiger partial charge in [0.15, 0.2) is 0 Å². The number of alkyl halides is 2. The second-order valence-electron chi connectivity index (χ2n) is 5.00. The zero-order chi connectivity index (χ0) is 15.0. The molecule has 1 N–H and O–H groups in total. The monoisotopic (exact) mass is 288 g/mol. The van der Waals surface area contributed by atoms with Gasteiger partial charge in [-0.2, -0.15) is 0 Å². The summed E-state index contributed by atoms with van der Waals surface area (Å²) < 4.78 is 37.8. The number of hydrogen-bond donors (Lipinski definition) is 1. The summed E-state index contributed by atoms with van der Waals surface area (Å²) in [5.74, 6) is -0.272. The maximum atomic E-state index is 13.3. The minimum atomic E-state index is -2.32. The first-order chi connectivity index (χ1) is 9.52. The summed E-state index contributed by atoms with van der Waals surface area (Å²) in [5, 5.41) is 3.34. The van der Waals surface area contributed by atoms with Crippen molar-refractivity contribution >= 4 is 0 Å². The van der Waals surface area contributed by atoms with Crippen LogP contribution in [0.15, 0.2) is 24.3 Å². The van der Waals surface area contributed by atoms with Crippen LogP contribution < -0.4 is 5.32 Å². The van der Waals surface area contributed by atoms with E-state index in [2.05, 4.69) is 12.2 Å². The standard InChI is InChI=1S/C15H23F3N2/c1-3-8-19-14(7-9-20(2)11-15(17)18)12-5-4-6-13(16)10-12/h4-6,10,14-15,19H,3,7-9,11H2,1-2H3. The predicted octanol–water partition coefficient (Wildman–Crippen LogP) is 3.45. The highest BCUT2D eigenvalue weighted by atomic mass is 19.3. The lowest BCUT2D eigenvalue weighted by atomic mass is 10.0. The van der Waals surface area contributed by atoms with Crippen molar-refractivity contribution in [1.82, 2.24) is 10.2 Å². The molecule has 0 amide bonds. The number of benzene rings is 1. The van der Waals surface area contributed by atoms with Gasteiger partial charge in [-0.15, -0.1) is 0 Å². The summed E-state index contributed by atoms with van der Waals surface area (Å²) in [6.45, 7) is 3.18. The molecule has 0 aliphatic heterocycles. The third-order valence-corrected chi connectivity index (χ3v) is 3.14. The minimum absolute atomic E-state index is 0.00854. The fourth-order valence-corrected chi connectivity index (χ4v) is 2.10. The van der Waals surface area contributed by atoms with Gasteiger partial charge in [0.05, 0.1) is 6.54 Å². The van der Waals surface area contributed by atoms with Crippen LogP contribution in [0.3, 0.4) is 0 Å². The summed E-state index contributed by atoms with van der Waals surface area (Å²) in [6.07, 6.45) is -0.679. The van der Waals surface area contributed by atoms with Crippen molar-refractivity contribution in [3.63, 3.8) is 0 Å². The Hall–Kier alpha value is -1.07. The molecule has 1 aromatic rings. The molecule has 0 saturated heterocycles. The van der Waals surface area contributed by atoms with Crippen LogP contribution in [-0.4, -0.2) is 38.0 Å². The van der Waals surface area contributed by atoms with Crippen molar-refractivity contribution in [1.29, 1.82) is 0 Å². The van der Waals surface area contributed by atoms with Gasteiger partial charge >= 0.3 is 0 Å². The topological polar surface area (TPSA) is 15.3 Å². The summed E-state index contributed by atoms with van der Waals surface area (Å²) in [4.78, 5) is 1.60. The maximum absolute atomic E-state index is 13.3. The van der Waals surface area contributed by atoms with Gasteiger partial charge in [0.2, 0.25) is 0 Å². The molecule has 0 saturated carbocycles. The van der Waals surface area contributed by atoms with Gasteiger partial charge in [0.1, 0.15) is 5.82 Å². The molecule has 0 aromatic heterocycles. The highest BCUT2D eigenvalue weighted by molar-refractivity contribution is 5.20. The molecular formula is C15H23F3N2. The minimum Gasteiger partial charge on any atom is -0.310 e. The Morgan fingerprint density at radius 3 is 2.65 bits per heavy atom. The molecule has 114 valence electrons. The first-order valence-electron chi connectivity index (χ1n) is 6.98. The van der Waals surface area contributed by atoms with E-state index in [0.29, 0.717) is 13.0 Å². The van der Waals surface area contributed by atoms with Crippen molar-refractivity contribution in [3.8, 4) is 0 Å². The predicted molar refractivity (Wildman–Crippen MR) is 75.6 cm³/mol. The number of rotatable bonds is 9. The van der Waals surface area contributed by atoms with E-state index < -0.39 is 6.43 Å². The fraction of sp³-hybridized carbons (Fsp3) is 0.600. The Morgan fingerprint density at radius 1 is 1.30 bits per heavy atom. The van der Waals surface area contributed by atoms with Crippen molar-refractivity contribution < 1.29 is 13.2 Å². The molecule has 1 atom stereocenters. The lowest BCUT2D eigenvalue weighted by Crippen LogP contribution is -2.30. The normalized spacial score (nSPS) is 13.2. The van der Waals surface area contributed by atoms with Gasteiger partial charge in [0, 0.05) is 6.04 Å². The van der Waals surface area contributed by atoms with Gasteiger partial charge in [-0.05, 0) is 50.7 Å². The average molecular weight is 288 g/mol. The lowest BCUT2D eigenvalue weighted by molar-refractivity contribution is 0.0984. The Bertz CT molecular complexity index is 385. The highest BCUT2D eigenvalue weighted by Gasteiger charge is 2.14. The van der Waals surface area contributed by atoms with Crippen molar-refractivity contribution in [2.24, 2.45) is 0 Å². The first kappa shape index (κ1) is 17.0. The van der Waals surface area contributed by atoms with Crippen LogP contribution >= 0.6 is 0 Å². The number of nitrogens with zero attached hydrogens (tertiary/aromatic N) is 1. The number of hydrogen-bond acceptors (Lipinski definition) is 2. The molecule has 1 aromatic carbocycles. The van der Waals surface area contributed by atoms with E-state index >= 15 is 0 Å². The molecule has 0 radical (unpaired) electrons. The Labute approximate surface area is 119 Å². The SMILES string of the molecule is CCCNC(CCN(C)CC(F)F)c1cccc(F)c1. The molecule has 5 heteroatoms. The zero-order valence-corrected chi connectivity index (χ0v) is 12.1. The lowest BCUT2D eigenvalue weighted by Gasteiger charge is -2.23. The van der Waals surface area contributed by atoms with Crippen LogP contribution in [0.1, 0.15) is 31.4 Å². The molecule has 0 heterocycles. The summed E-state index contributed by atoms with van der Waals surface area (Å²) in [7, 11) is 1.68. The zero-order valence-electron chi connectivity index (χ0n) is 12.1. The summed E-state index contributed by atoms with van der Waals surface area (Å²) in [6, 6.07) is 6.44. The van der Waals surface area contributed by atoms with Crippen molar-refractivity contribution in [2.45, 2.75) is 32.2 Å². The molecule has 0 aliphatic rings. The number of halogens is 3. The van der Waals surface area contributed by atoms with E-state index in [0.717, 1.165) is 18.5 Å². The molecule has 2 nitrogen and oxygen atoms in total. The molecule has 0 spiro atoms. The maximum Gasteiger partial charge on any atom is 0.251 e. The number of nitrogens with one attached hydrogen (secondary N) is 1. The Balaban J connectivity index is 2.60. The molecular weight excluding hydrogens is 265 g/mol. The van der Waals surface area contributed by atoms with Gasteiger partial charge in [-0.3, -0.25) is 0 Å². The van der Waals surface area contributed by atoms with Crippen molar-refractivity contribution in [2.75, 3.05) is 26.7 Å². The summed E-state index contributed by atoms with van der Waals surface area (Å²) in [5.41, 5.74) is 0.865. The molecule has 0 bridgehead atoms. The summed E-state index contributed by atoms with van der Waals surface area (Å²) >= 11 is 0. The largest absolute Gasteiger partial charge is 0.310 e. The third kappa shape index (κ3) is 6.39. The second-order valence-corrected chi connectivity index (χ2v) is 5.00. The van der Waals surface area contributed by atoms with E-state index in [9.17, 15) is 13.2 Å². The van der Waals surface area contributed by atoms with E-state index in [4.69, 9.17) is 0 Å². The molecule has 1 rings (SSSR count). The van der Waals surface area contributed by atoms with Gasteiger partial charge in [-0.25, -0.2) is 13.2 Å². The van der Waals surface area contributed by atoms with Crippen LogP contribution in [0.2, 0.25) is 0 Å². The van der Waals surface area contributed by atoms with Crippen molar-refractivity contribution in [3.05, 3.63) is 35.6 Å². The highest BCUT2D eigenvalue weighted by Crippen LogP contribution is 2.18. The third-order valence-electron chi connectivity index (χ3n) is 3.14. The van der Waals surface area contributed by atoms with Crippen LogP contribution in [0.5, 0.6) is 0 Å². The van der Waals surface area contributed by atoms with E-state index in [1.165, 1.54) is 12.1 Å². The molecule has 1 unspecified atom stereocenters. The average Bonchev–Trinajstić information content (AvgIpc) is 2.38. The first-order valence-corrected chi connectivity index (χ1v) is 6.98. The quantitative estimate of drug-likeness (QED) is 0.748.